The largest absolute Gasteiger partial charge is 0.404 e. The summed E-state index contributed by atoms with van der Waals surface area (Å²) in [5, 5.41) is 3.55. The van der Waals surface area contributed by atoms with Gasteiger partial charge in [0.05, 0.1) is 23.3 Å². The van der Waals surface area contributed by atoms with E-state index in [-0.39, 0.29) is 0 Å². The van der Waals surface area contributed by atoms with Gasteiger partial charge in [-0.2, -0.15) is 0 Å². The number of nitrogens with one attached hydrogen (secondary N) is 1. The number of nitrogens with zero attached hydrogens (tertiary/aromatic N) is 3. The molecule has 148 valence electrons. The number of aryl methyl sites for hydroxylation is 2. The van der Waals surface area contributed by atoms with E-state index < -0.39 is 0 Å². The van der Waals surface area contributed by atoms with Crippen LogP contribution in [-0.2, 0) is 11.2 Å². The van der Waals surface area contributed by atoms with Crippen molar-refractivity contribution in [2.45, 2.75) is 45.6 Å². The number of hydrogen-bond acceptors (Lipinski definition) is 6. The molecule has 1 aliphatic heterocycles. The molecule has 0 bridgehead atoms. The Morgan fingerprint density at radius 3 is 2.86 bits per heavy atom. The van der Waals surface area contributed by atoms with Gasteiger partial charge >= 0.3 is 0 Å². The molecule has 3 heterocycles. The molecular formula is C22H29N5O. The van der Waals surface area contributed by atoms with Crippen LogP contribution in [0.25, 0.3) is 5.57 Å². The van der Waals surface area contributed by atoms with Crippen molar-refractivity contribution >= 4 is 23.2 Å². The first-order chi connectivity index (χ1) is 13.7. The average Bonchev–Trinajstić information content (AvgIpc) is 2.71. The molecule has 3 rings (SSSR count). The summed E-state index contributed by atoms with van der Waals surface area (Å²) in [7, 11) is 0. The van der Waals surface area contributed by atoms with E-state index in [1.165, 1.54) is 0 Å². The van der Waals surface area contributed by atoms with Crippen molar-refractivity contribution in [3.05, 3.63) is 53.7 Å². The number of allylic oxidation sites excluding steroid dienone is 1. The first-order valence-corrected chi connectivity index (χ1v) is 9.91. The highest BCUT2D eigenvalue weighted by molar-refractivity contribution is 6.10. The van der Waals surface area contributed by atoms with Crippen LogP contribution in [0.4, 0.5) is 11.4 Å². The van der Waals surface area contributed by atoms with Gasteiger partial charge in [-0.3, -0.25) is 15.0 Å². The van der Waals surface area contributed by atoms with E-state index in [0.29, 0.717) is 6.04 Å². The Hall–Kier alpha value is -2.73. The second-order valence-corrected chi connectivity index (χ2v) is 7.06. The van der Waals surface area contributed by atoms with Crippen molar-refractivity contribution in [3.63, 3.8) is 0 Å². The van der Waals surface area contributed by atoms with E-state index in [1.54, 1.807) is 18.6 Å². The lowest BCUT2D eigenvalue weighted by Gasteiger charge is -2.24. The molecule has 2 aromatic rings. The molecule has 6 nitrogen and oxygen atoms in total. The third-order valence-corrected chi connectivity index (χ3v) is 4.78. The van der Waals surface area contributed by atoms with Gasteiger partial charge < -0.3 is 15.8 Å². The number of nitrogens with two attached hydrogens (primary N) is 1. The number of ether oxygens (including phenoxy) is 1. The fraction of sp³-hybridized carbons (Fsp3) is 0.409. The average molecular weight is 380 g/mol. The molecule has 0 saturated carbocycles. The molecule has 2 aromatic heterocycles. The predicted octanol–water partition coefficient (Wildman–Crippen LogP) is 4.03. The normalized spacial score (nSPS) is 15.9. The number of pyridine rings is 2. The van der Waals surface area contributed by atoms with E-state index in [4.69, 9.17) is 10.5 Å². The Balaban J connectivity index is 1.72. The van der Waals surface area contributed by atoms with E-state index in [2.05, 4.69) is 33.3 Å². The Bertz CT molecular complexity index is 841. The van der Waals surface area contributed by atoms with Crippen molar-refractivity contribution in [3.8, 4) is 0 Å². The maximum Gasteiger partial charge on any atom is 0.0762 e. The monoisotopic (exact) mass is 379 g/mol. The van der Waals surface area contributed by atoms with E-state index in [1.807, 2.05) is 25.3 Å². The summed E-state index contributed by atoms with van der Waals surface area (Å²) in [4.78, 5) is 13.6. The van der Waals surface area contributed by atoms with Crippen molar-refractivity contribution < 1.29 is 4.74 Å². The minimum atomic E-state index is 0.441. The fourth-order valence-electron chi connectivity index (χ4n) is 3.30. The predicted molar refractivity (Wildman–Crippen MR) is 115 cm³/mol. The molecule has 6 heteroatoms. The van der Waals surface area contributed by atoms with Gasteiger partial charge in [0, 0.05) is 49.1 Å². The van der Waals surface area contributed by atoms with Crippen molar-refractivity contribution in [2.24, 2.45) is 10.7 Å². The van der Waals surface area contributed by atoms with Gasteiger partial charge in [0.1, 0.15) is 0 Å². The molecule has 0 amide bonds. The first-order valence-electron chi connectivity index (χ1n) is 9.91. The minimum Gasteiger partial charge on any atom is -0.404 e. The van der Waals surface area contributed by atoms with Crippen LogP contribution >= 0.6 is 0 Å². The summed E-state index contributed by atoms with van der Waals surface area (Å²) >= 11 is 0. The van der Waals surface area contributed by atoms with E-state index in [9.17, 15) is 0 Å². The van der Waals surface area contributed by atoms with Gasteiger partial charge in [0.2, 0.25) is 0 Å². The molecule has 1 fully saturated rings. The summed E-state index contributed by atoms with van der Waals surface area (Å²) in [5.41, 5.74) is 11.5. The second-order valence-electron chi connectivity index (χ2n) is 7.06. The van der Waals surface area contributed by atoms with Crippen LogP contribution in [0.5, 0.6) is 0 Å². The number of anilines is 1. The summed E-state index contributed by atoms with van der Waals surface area (Å²) in [6.07, 6.45) is 11.0. The molecule has 0 unspecified atom stereocenters. The Labute approximate surface area is 167 Å². The molecular weight excluding hydrogens is 350 g/mol. The lowest BCUT2D eigenvalue weighted by atomic mass is 10.1. The van der Waals surface area contributed by atoms with Crippen molar-refractivity contribution in [1.82, 2.24) is 9.97 Å². The molecule has 0 spiro atoms. The van der Waals surface area contributed by atoms with Gasteiger partial charge in [-0.05, 0) is 49.9 Å². The molecule has 28 heavy (non-hydrogen) atoms. The summed E-state index contributed by atoms with van der Waals surface area (Å²) in [6, 6.07) is 6.46. The van der Waals surface area contributed by atoms with Crippen LogP contribution in [0.1, 0.15) is 43.1 Å². The number of rotatable bonds is 7. The number of aromatic nitrogens is 2. The highest BCUT2D eigenvalue weighted by Crippen LogP contribution is 2.21. The zero-order chi connectivity index (χ0) is 19.8. The fourth-order valence-corrected chi connectivity index (χ4v) is 3.30. The third-order valence-electron chi connectivity index (χ3n) is 4.78. The van der Waals surface area contributed by atoms with Crippen molar-refractivity contribution in [1.29, 1.82) is 0 Å². The van der Waals surface area contributed by atoms with E-state index >= 15 is 0 Å². The Morgan fingerprint density at radius 2 is 2.14 bits per heavy atom. The lowest BCUT2D eigenvalue weighted by molar-refractivity contribution is 0.0904. The van der Waals surface area contributed by atoms with Gasteiger partial charge in [-0.25, -0.2) is 0 Å². The van der Waals surface area contributed by atoms with E-state index in [0.717, 1.165) is 72.8 Å². The Kier molecular flexibility index (Phi) is 7.14. The zero-order valence-corrected chi connectivity index (χ0v) is 16.7. The maximum atomic E-state index is 5.87. The second kappa shape index (κ2) is 9.99. The molecule has 0 aliphatic carbocycles. The molecule has 3 N–H and O–H groups in total. The molecule has 0 atom stereocenters. The van der Waals surface area contributed by atoms with Crippen LogP contribution in [0.15, 0.2) is 41.8 Å². The molecule has 1 saturated heterocycles. The summed E-state index contributed by atoms with van der Waals surface area (Å²) in [6.45, 7) is 5.81. The topological polar surface area (TPSA) is 85.4 Å². The Morgan fingerprint density at radius 1 is 1.32 bits per heavy atom. The SMILES string of the molecule is CCCc1cc(N=C/C(=C\N)c2ncc(NC3CCOCC3)cc2C)ccn1. The number of aliphatic imine (C=N–C) groups is 1. The minimum absolute atomic E-state index is 0.441. The third kappa shape index (κ3) is 5.39. The van der Waals surface area contributed by atoms with Gasteiger partial charge in [0.15, 0.2) is 0 Å². The summed E-state index contributed by atoms with van der Waals surface area (Å²) in [5.74, 6) is 0. The standard InChI is InChI=1S/C22H29N5O/c1-3-4-19-12-20(5-8-24-19)25-14-17(13-23)22-16(2)11-21(15-26-22)27-18-6-9-28-10-7-18/h5,8,11-15,18,27H,3-4,6-7,9-10,23H2,1-2H3/b17-13+,25-14?. The van der Waals surface area contributed by atoms with Gasteiger partial charge in [-0.1, -0.05) is 13.3 Å². The quantitative estimate of drug-likeness (QED) is 0.710. The first kappa shape index (κ1) is 20.0. The highest BCUT2D eigenvalue weighted by Gasteiger charge is 2.14. The van der Waals surface area contributed by atoms with Crippen LogP contribution in [0.3, 0.4) is 0 Å². The zero-order valence-electron chi connectivity index (χ0n) is 16.7. The molecule has 0 aromatic carbocycles. The lowest BCUT2D eigenvalue weighted by Crippen LogP contribution is -2.27. The van der Waals surface area contributed by atoms with Crippen molar-refractivity contribution in [2.75, 3.05) is 18.5 Å². The summed E-state index contributed by atoms with van der Waals surface area (Å²) < 4.78 is 5.42. The van der Waals surface area contributed by atoms with Gasteiger partial charge in [0.25, 0.3) is 0 Å². The maximum absolute atomic E-state index is 5.87. The molecule has 0 radical (unpaired) electrons. The van der Waals surface area contributed by atoms with Crippen LogP contribution in [0, 0.1) is 6.92 Å². The van der Waals surface area contributed by atoms with Gasteiger partial charge in [-0.15, -0.1) is 0 Å². The van der Waals surface area contributed by atoms with Crippen LogP contribution < -0.4 is 11.1 Å². The van der Waals surface area contributed by atoms with Crippen LogP contribution in [-0.4, -0.2) is 35.4 Å². The molecule has 1 aliphatic rings. The van der Waals surface area contributed by atoms with Crippen LogP contribution in [0.2, 0.25) is 0 Å². The number of hydrogen-bond donors (Lipinski definition) is 2. The smallest absolute Gasteiger partial charge is 0.0762 e. The highest BCUT2D eigenvalue weighted by atomic mass is 16.5.